The molecule has 0 saturated heterocycles. The number of rotatable bonds is 4. The molecule has 9 aromatic rings. The molecule has 0 spiro atoms. The number of fused-ring (bicyclic) bond motifs is 6. The van der Waals surface area contributed by atoms with Gasteiger partial charge in [0.1, 0.15) is 11.2 Å². The molecule has 0 atom stereocenters. The SMILES string of the molecule is c1ccc(-c2nc(-c3ccc(-c4ccc5c(c4)sc4ccccc45)cc3)nc(-c3ccc4c(c3)oc3ccccc34)n2)cc1. The van der Waals surface area contributed by atoms with E-state index in [1.807, 2.05) is 65.9 Å². The van der Waals surface area contributed by atoms with Crippen LogP contribution in [-0.2, 0) is 0 Å². The largest absolute Gasteiger partial charge is 0.456 e. The third kappa shape index (κ3) is 4.17. The summed E-state index contributed by atoms with van der Waals surface area (Å²) < 4.78 is 8.78. The van der Waals surface area contributed by atoms with Gasteiger partial charge in [-0.25, -0.2) is 15.0 Å². The van der Waals surface area contributed by atoms with Crippen LogP contribution in [0.5, 0.6) is 0 Å². The quantitative estimate of drug-likeness (QED) is 0.207. The van der Waals surface area contributed by atoms with E-state index in [0.717, 1.165) is 44.2 Å². The lowest BCUT2D eigenvalue weighted by atomic mass is 10.0. The number of para-hydroxylation sites is 1. The molecule has 3 aromatic heterocycles. The van der Waals surface area contributed by atoms with Crippen LogP contribution in [0.3, 0.4) is 0 Å². The number of hydrogen-bond donors (Lipinski definition) is 0. The molecule has 0 unspecified atom stereocenters. The first kappa shape index (κ1) is 24.9. The summed E-state index contributed by atoms with van der Waals surface area (Å²) in [6.07, 6.45) is 0. The van der Waals surface area contributed by atoms with Crippen molar-refractivity contribution in [1.29, 1.82) is 0 Å². The van der Waals surface area contributed by atoms with E-state index in [4.69, 9.17) is 19.4 Å². The van der Waals surface area contributed by atoms with Crippen LogP contribution in [0.4, 0.5) is 0 Å². The molecule has 0 aliphatic carbocycles. The van der Waals surface area contributed by atoms with Crippen LogP contribution in [0, 0.1) is 0 Å². The molecule has 0 radical (unpaired) electrons. The number of furan rings is 1. The molecule has 206 valence electrons. The molecule has 3 heterocycles. The second-order valence-electron chi connectivity index (χ2n) is 10.9. The summed E-state index contributed by atoms with van der Waals surface area (Å²) in [5.74, 6) is 1.87. The zero-order valence-electron chi connectivity index (χ0n) is 23.4. The predicted molar refractivity (Wildman–Crippen MR) is 182 cm³/mol. The second-order valence-corrected chi connectivity index (χ2v) is 12.0. The van der Waals surface area contributed by atoms with Gasteiger partial charge in [-0.2, -0.15) is 0 Å². The third-order valence-corrected chi connectivity index (χ3v) is 9.29. The van der Waals surface area contributed by atoms with E-state index in [2.05, 4.69) is 84.9 Å². The molecule has 44 heavy (non-hydrogen) atoms. The molecule has 0 aliphatic heterocycles. The highest BCUT2D eigenvalue weighted by atomic mass is 32.1. The predicted octanol–water partition coefficient (Wildman–Crippen LogP) is 10.8. The molecule has 0 aliphatic rings. The number of hydrogen-bond acceptors (Lipinski definition) is 5. The van der Waals surface area contributed by atoms with Gasteiger partial charge in [-0.3, -0.25) is 0 Å². The normalized spacial score (nSPS) is 11.6. The topological polar surface area (TPSA) is 51.8 Å². The molecule has 9 rings (SSSR count). The van der Waals surface area contributed by atoms with Crippen molar-refractivity contribution in [3.63, 3.8) is 0 Å². The Labute approximate surface area is 256 Å². The summed E-state index contributed by atoms with van der Waals surface area (Å²) in [7, 11) is 0. The van der Waals surface area contributed by atoms with E-state index in [0.29, 0.717) is 17.5 Å². The maximum absolute atomic E-state index is 6.17. The van der Waals surface area contributed by atoms with Crippen LogP contribution in [-0.4, -0.2) is 15.0 Å². The van der Waals surface area contributed by atoms with Crippen LogP contribution in [0.25, 0.3) is 87.4 Å². The third-order valence-electron chi connectivity index (χ3n) is 8.16. The molecule has 5 heteroatoms. The fraction of sp³-hybridized carbons (Fsp3) is 0. The highest BCUT2D eigenvalue weighted by Crippen LogP contribution is 2.37. The van der Waals surface area contributed by atoms with E-state index >= 15 is 0 Å². The lowest BCUT2D eigenvalue weighted by molar-refractivity contribution is 0.669. The monoisotopic (exact) mass is 581 g/mol. The van der Waals surface area contributed by atoms with E-state index < -0.39 is 0 Å². The van der Waals surface area contributed by atoms with Gasteiger partial charge in [0, 0.05) is 47.6 Å². The Bertz CT molecular complexity index is 2490. The van der Waals surface area contributed by atoms with Gasteiger partial charge in [-0.1, -0.05) is 109 Å². The number of benzene rings is 6. The highest BCUT2D eigenvalue weighted by molar-refractivity contribution is 7.25. The summed E-state index contributed by atoms with van der Waals surface area (Å²) in [5.41, 5.74) is 6.78. The van der Waals surface area contributed by atoms with E-state index in [1.165, 1.54) is 25.7 Å². The molecular weight excluding hydrogens is 559 g/mol. The highest BCUT2D eigenvalue weighted by Gasteiger charge is 2.15. The fourth-order valence-electron chi connectivity index (χ4n) is 5.93. The van der Waals surface area contributed by atoms with Gasteiger partial charge < -0.3 is 4.42 Å². The van der Waals surface area contributed by atoms with E-state index in [-0.39, 0.29) is 0 Å². The standard InChI is InChI=1S/C39H23N3OS/c1-2-8-25(9-3-1)37-40-38(42-39(41-37)28-19-20-30-29-10-4-6-12-33(29)43-34(30)22-28)26-16-14-24(15-17-26)27-18-21-32-31-11-5-7-13-35(31)44-36(32)23-27/h1-23H. The van der Waals surface area contributed by atoms with Gasteiger partial charge in [0.2, 0.25) is 0 Å². The molecule has 0 N–H and O–H groups in total. The van der Waals surface area contributed by atoms with Crippen molar-refractivity contribution >= 4 is 53.4 Å². The number of nitrogens with zero attached hydrogens (tertiary/aromatic N) is 3. The lowest BCUT2D eigenvalue weighted by Crippen LogP contribution is -2.00. The minimum absolute atomic E-state index is 0.607. The minimum atomic E-state index is 0.607. The van der Waals surface area contributed by atoms with Gasteiger partial charge in [0.25, 0.3) is 0 Å². The fourth-order valence-corrected chi connectivity index (χ4v) is 7.08. The molecule has 0 amide bonds. The Hall–Kier alpha value is -5.65. The molecule has 0 fully saturated rings. The van der Waals surface area contributed by atoms with Gasteiger partial charge in [-0.05, 0) is 41.5 Å². The average molecular weight is 582 g/mol. The average Bonchev–Trinajstić information content (AvgIpc) is 3.66. The van der Waals surface area contributed by atoms with Gasteiger partial charge in [0.15, 0.2) is 17.5 Å². The summed E-state index contributed by atoms with van der Waals surface area (Å²) in [6.45, 7) is 0. The summed E-state index contributed by atoms with van der Waals surface area (Å²) in [4.78, 5) is 14.8. The van der Waals surface area contributed by atoms with Crippen molar-refractivity contribution in [2.75, 3.05) is 0 Å². The van der Waals surface area contributed by atoms with Gasteiger partial charge in [0.05, 0.1) is 0 Å². The lowest BCUT2D eigenvalue weighted by Gasteiger charge is -2.09. The van der Waals surface area contributed by atoms with E-state index in [9.17, 15) is 0 Å². The minimum Gasteiger partial charge on any atom is -0.456 e. The van der Waals surface area contributed by atoms with Crippen molar-refractivity contribution in [3.8, 4) is 45.3 Å². The Balaban J connectivity index is 1.13. The molecule has 4 nitrogen and oxygen atoms in total. The molecule has 0 bridgehead atoms. The second kappa shape index (κ2) is 9.97. The molecular formula is C39H23N3OS. The Morgan fingerprint density at radius 3 is 1.73 bits per heavy atom. The van der Waals surface area contributed by atoms with Crippen LogP contribution in [0.2, 0.25) is 0 Å². The smallest absolute Gasteiger partial charge is 0.164 e. The number of thiophene rings is 1. The maximum Gasteiger partial charge on any atom is 0.164 e. The first-order valence-electron chi connectivity index (χ1n) is 14.5. The van der Waals surface area contributed by atoms with Gasteiger partial charge >= 0.3 is 0 Å². The maximum atomic E-state index is 6.17. The summed E-state index contributed by atoms with van der Waals surface area (Å²) in [5, 5.41) is 4.79. The van der Waals surface area contributed by atoms with Crippen LogP contribution in [0.15, 0.2) is 144 Å². The van der Waals surface area contributed by atoms with Crippen molar-refractivity contribution in [1.82, 2.24) is 15.0 Å². The Morgan fingerprint density at radius 1 is 0.364 bits per heavy atom. The zero-order valence-corrected chi connectivity index (χ0v) is 24.3. The van der Waals surface area contributed by atoms with E-state index in [1.54, 1.807) is 0 Å². The molecule has 6 aromatic carbocycles. The van der Waals surface area contributed by atoms with Crippen molar-refractivity contribution in [2.45, 2.75) is 0 Å². The van der Waals surface area contributed by atoms with Gasteiger partial charge in [-0.15, -0.1) is 11.3 Å². The first-order chi connectivity index (χ1) is 21.8. The zero-order chi connectivity index (χ0) is 29.0. The van der Waals surface area contributed by atoms with Crippen molar-refractivity contribution in [3.05, 3.63) is 140 Å². The summed E-state index contributed by atoms with van der Waals surface area (Å²) >= 11 is 1.84. The van der Waals surface area contributed by atoms with Crippen LogP contribution < -0.4 is 0 Å². The van der Waals surface area contributed by atoms with Crippen molar-refractivity contribution in [2.24, 2.45) is 0 Å². The number of aromatic nitrogens is 3. The van der Waals surface area contributed by atoms with Crippen LogP contribution in [0.1, 0.15) is 0 Å². The van der Waals surface area contributed by atoms with Crippen molar-refractivity contribution < 1.29 is 4.42 Å². The summed E-state index contributed by atoms with van der Waals surface area (Å²) in [6, 6.07) is 48.1. The molecule has 0 saturated carbocycles. The Kier molecular flexibility index (Phi) is 5.64. The first-order valence-corrected chi connectivity index (χ1v) is 15.3. The van der Waals surface area contributed by atoms with Crippen LogP contribution >= 0.6 is 11.3 Å². The Morgan fingerprint density at radius 2 is 0.909 bits per heavy atom.